The van der Waals surface area contributed by atoms with Crippen LogP contribution < -0.4 is 10.6 Å². The largest absolute Gasteiger partial charge is 0.481 e. The molecule has 1 heterocycles. The minimum Gasteiger partial charge on any atom is -0.481 e. The van der Waals surface area contributed by atoms with Gasteiger partial charge in [-0.25, -0.2) is 22.0 Å². The Bertz CT molecular complexity index is 1470. The predicted molar refractivity (Wildman–Crippen MR) is 138 cm³/mol. The van der Waals surface area contributed by atoms with Crippen LogP contribution in [-0.2, 0) is 14.6 Å². The number of anilines is 2. The molecule has 0 radical (unpaired) electrons. The van der Waals surface area contributed by atoms with Crippen molar-refractivity contribution >= 4 is 39.0 Å². The number of amides is 2. The second kappa shape index (κ2) is 10.7. The van der Waals surface area contributed by atoms with Crippen molar-refractivity contribution in [3.8, 4) is 11.1 Å². The number of urea groups is 1. The van der Waals surface area contributed by atoms with Gasteiger partial charge in [0, 0.05) is 29.4 Å². The maximum atomic E-state index is 13.3. The standard InChI is InChI=1S/C27H24F2N2O6S/c28-22-10-9-21(15-23(22)29)31-26(35)30-20-7-5-18(6-8-20)17-1-3-19(4-2-17)24(32)16-27(25(33)34)11-13-38(36,37)14-12-27/h1-10,15H,11-14,16H2,(H,33,34)(H2,30,31,35). The SMILES string of the molecule is O=C(Nc1ccc(-c2ccc(C(=O)CC3(C(=O)O)CCS(=O)(=O)CC3)cc2)cc1)Nc1ccc(F)c(F)c1. The zero-order valence-corrected chi connectivity index (χ0v) is 20.9. The fourth-order valence-electron chi connectivity index (χ4n) is 4.27. The van der Waals surface area contributed by atoms with Crippen LogP contribution in [0.2, 0.25) is 0 Å². The van der Waals surface area contributed by atoms with Gasteiger partial charge in [-0.15, -0.1) is 0 Å². The molecule has 1 aliphatic heterocycles. The first-order chi connectivity index (χ1) is 18.0. The van der Waals surface area contributed by atoms with Gasteiger partial charge in [0.25, 0.3) is 0 Å². The molecule has 0 bridgehead atoms. The number of hydrogen-bond donors (Lipinski definition) is 3. The zero-order chi connectivity index (χ0) is 27.5. The van der Waals surface area contributed by atoms with Crippen LogP contribution in [0.15, 0.2) is 66.7 Å². The van der Waals surface area contributed by atoms with E-state index in [2.05, 4.69) is 10.6 Å². The van der Waals surface area contributed by atoms with Gasteiger partial charge in [0.05, 0.1) is 16.9 Å². The van der Waals surface area contributed by atoms with Crippen LogP contribution in [0.1, 0.15) is 29.6 Å². The van der Waals surface area contributed by atoms with Gasteiger partial charge in [-0.3, -0.25) is 9.59 Å². The molecule has 1 fully saturated rings. The van der Waals surface area contributed by atoms with E-state index in [1.54, 1.807) is 48.5 Å². The first-order valence-electron chi connectivity index (χ1n) is 11.7. The lowest BCUT2D eigenvalue weighted by atomic mass is 9.76. The average molecular weight is 543 g/mol. The minimum atomic E-state index is -3.28. The van der Waals surface area contributed by atoms with Crippen LogP contribution in [0, 0.1) is 17.0 Å². The fourth-order valence-corrected chi connectivity index (χ4v) is 5.87. The highest BCUT2D eigenvalue weighted by Crippen LogP contribution is 2.37. The molecule has 0 atom stereocenters. The predicted octanol–water partition coefficient (Wildman–Crippen LogP) is 5.13. The number of benzene rings is 3. The van der Waals surface area contributed by atoms with Crippen LogP contribution in [0.3, 0.4) is 0 Å². The first-order valence-corrected chi connectivity index (χ1v) is 13.5. The Hall–Kier alpha value is -4.12. The second-order valence-corrected chi connectivity index (χ2v) is 11.5. The molecule has 11 heteroatoms. The summed E-state index contributed by atoms with van der Waals surface area (Å²) < 4.78 is 49.8. The number of rotatable bonds is 7. The quantitative estimate of drug-likeness (QED) is 0.355. The minimum absolute atomic E-state index is 0.0896. The Labute approximate surface area is 217 Å². The molecule has 38 heavy (non-hydrogen) atoms. The lowest BCUT2D eigenvalue weighted by Gasteiger charge is -2.32. The monoisotopic (exact) mass is 542 g/mol. The van der Waals surface area contributed by atoms with E-state index in [1.807, 2.05) is 0 Å². The Morgan fingerprint density at radius 2 is 1.32 bits per heavy atom. The summed E-state index contributed by atoms with van der Waals surface area (Å²) in [5.74, 6) is -4.12. The molecule has 0 aromatic heterocycles. The molecule has 3 aromatic carbocycles. The Morgan fingerprint density at radius 1 is 0.789 bits per heavy atom. The summed E-state index contributed by atoms with van der Waals surface area (Å²) in [6.07, 6.45) is -0.453. The Morgan fingerprint density at radius 3 is 1.87 bits per heavy atom. The highest BCUT2D eigenvalue weighted by molar-refractivity contribution is 7.91. The van der Waals surface area contributed by atoms with Gasteiger partial charge in [-0.05, 0) is 48.2 Å². The molecule has 0 spiro atoms. The topological polar surface area (TPSA) is 130 Å². The van der Waals surface area contributed by atoms with Gasteiger partial charge in [-0.2, -0.15) is 0 Å². The molecule has 0 saturated carbocycles. The van der Waals surface area contributed by atoms with Crippen molar-refractivity contribution in [2.24, 2.45) is 5.41 Å². The molecule has 2 amide bonds. The van der Waals surface area contributed by atoms with Gasteiger partial charge in [0.1, 0.15) is 9.84 Å². The zero-order valence-electron chi connectivity index (χ0n) is 20.0. The summed E-state index contributed by atoms with van der Waals surface area (Å²) in [6.45, 7) is 0. The van der Waals surface area contributed by atoms with E-state index in [1.165, 1.54) is 6.07 Å². The van der Waals surface area contributed by atoms with Crippen molar-refractivity contribution in [2.75, 3.05) is 22.1 Å². The molecule has 3 aromatic rings. The van der Waals surface area contributed by atoms with Crippen LogP contribution >= 0.6 is 0 Å². The Kier molecular flexibility index (Phi) is 7.58. The van der Waals surface area contributed by atoms with E-state index in [0.717, 1.165) is 23.3 Å². The fraction of sp³-hybridized carbons (Fsp3) is 0.222. The van der Waals surface area contributed by atoms with Crippen LogP contribution in [-0.4, -0.2) is 42.8 Å². The number of ketones is 1. The number of aliphatic carboxylic acids is 1. The van der Waals surface area contributed by atoms with Gasteiger partial charge >= 0.3 is 12.0 Å². The van der Waals surface area contributed by atoms with Crippen molar-refractivity contribution in [3.05, 3.63) is 83.9 Å². The third kappa shape index (κ3) is 6.23. The molecule has 1 aliphatic rings. The first kappa shape index (κ1) is 26.9. The molecular formula is C27H24F2N2O6S. The third-order valence-electron chi connectivity index (χ3n) is 6.60. The number of carbonyl (C=O) groups is 3. The highest BCUT2D eigenvalue weighted by Gasteiger charge is 2.45. The number of sulfone groups is 1. The summed E-state index contributed by atoms with van der Waals surface area (Å²) in [6, 6.07) is 15.8. The van der Waals surface area contributed by atoms with E-state index in [4.69, 9.17) is 0 Å². The number of carboxylic acids is 1. The summed E-state index contributed by atoms with van der Waals surface area (Å²) in [5.41, 5.74) is 1.05. The number of carboxylic acid groups (broad SMARTS) is 1. The van der Waals surface area contributed by atoms with Gasteiger partial charge in [-0.1, -0.05) is 36.4 Å². The Balaban J connectivity index is 1.38. The average Bonchev–Trinajstić information content (AvgIpc) is 2.88. The number of halogens is 2. The normalized spacial score (nSPS) is 15.8. The van der Waals surface area contributed by atoms with Crippen LogP contribution in [0.25, 0.3) is 11.1 Å². The van der Waals surface area contributed by atoms with E-state index in [-0.39, 0.29) is 42.2 Å². The van der Waals surface area contributed by atoms with Crippen molar-refractivity contribution in [3.63, 3.8) is 0 Å². The molecule has 8 nitrogen and oxygen atoms in total. The third-order valence-corrected chi connectivity index (χ3v) is 8.25. The lowest BCUT2D eigenvalue weighted by molar-refractivity contribution is -0.149. The summed E-state index contributed by atoms with van der Waals surface area (Å²) in [4.78, 5) is 36.9. The highest BCUT2D eigenvalue weighted by atomic mass is 32.2. The number of hydrogen-bond acceptors (Lipinski definition) is 5. The lowest BCUT2D eigenvalue weighted by Crippen LogP contribution is -2.41. The van der Waals surface area contributed by atoms with E-state index in [0.29, 0.717) is 11.3 Å². The summed E-state index contributed by atoms with van der Waals surface area (Å²) in [7, 11) is -3.28. The van der Waals surface area contributed by atoms with Crippen molar-refractivity contribution in [2.45, 2.75) is 19.3 Å². The maximum absolute atomic E-state index is 13.3. The van der Waals surface area contributed by atoms with Gasteiger partial charge in [0.15, 0.2) is 17.4 Å². The van der Waals surface area contributed by atoms with E-state index >= 15 is 0 Å². The summed E-state index contributed by atoms with van der Waals surface area (Å²) in [5, 5.41) is 14.7. The van der Waals surface area contributed by atoms with Gasteiger partial charge in [0.2, 0.25) is 0 Å². The van der Waals surface area contributed by atoms with Gasteiger partial charge < -0.3 is 15.7 Å². The maximum Gasteiger partial charge on any atom is 0.323 e. The molecule has 0 unspecified atom stereocenters. The molecule has 198 valence electrons. The van der Waals surface area contributed by atoms with Crippen molar-refractivity contribution < 1.29 is 36.7 Å². The molecule has 1 saturated heterocycles. The molecule has 3 N–H and O–H groups in total. The summed E-state index contributed by atoms with van der Waals surface area (Å²) >= 11 is 0. The van der Waals surface area contributed by atoms with E-state index in [9.17, 15) is 36.7 Å². The van der Waals surface area contributed by atoms with Crippen LogP contribution in [0.5, 0.6) is 0 Å². The number of Topliss-reactive ketones (excluding diaryl/α,β-unsaturated/α-hetero) is 1. The van der Waals surface area contributed by atoms with Crippen molar-refractivity contribution in [1.82, 2.24) is 0 Å². The van der Waals surface area contributed by atoms with Crippen molar-refractivity contribution in [1.29, 1.82) is 0 Å². The van der Waals surface area contributed by atoms with E-state index < -0.39 is 38.9 Å². The number of nitrogens with one attached hydrogen (secondary N) is 2. The molecule has 4 rings (SSSR count). The second-order valence-electron chi connectivity index (χ2n) is 9.20. The van der Waals surface area contributed by atoms with Crippen LogP contribution in [0.4, 0.5) is 25.0 Å². The number of carbonyl (C=O) groups excluding carboxylic acids is 2. The molecular weight excluding hydrogens is 518 g/mol. The molecule has 0 aliphatic carbocycles. The smallest absolute Gasteiger partial charge is 0.323 e.